The van der Waals surface area contributed by atoms with Gasteiger partial charge in [-0.3, -0.25) is 4.90 Å². The summed E-state index contributed by atoms with van der Waals surface area (Å²) in [5, 5.41) is 3.32. The fourth-order valence-corrected chi connectivity index (χ4v) is 2.46. The summed E-state index contributed by atoms with van der Waals surface area (Å²) in [7, 11) is 1.63. The quantitative estimate of drug-likeness (QED) is 0.785. The minimum atomic E-state index is 0.630. The molecule has 0 aliphatic carbocycles. The fraction of sp³-hybridized carbons (Fsp3) is 0.667. The number of piperazine rings is 1. The molecular weight excluding hydrogens is 230 g/mol. The van der Waals surface area contributed by atoms with Crippen LogP contribution >= 0.6 is 0 Å². The highest BCUT2D eigenvalue weighted by Crippen LogP contribution is 2.18. The van der Waals surface area contributed by atoms with Crippen molar-refractivity contribution in [2.24, 2.45) is 0 Å². The van der Waals surface area contributed by atoms with Gasteiger partial charge >= 0.3 is 0 Å². The number of rotatable bonds is 3. The van der Waals surface area contributed by atoms with E-state index in [1.165, 1.54) is 0 Å². The lowest BCUT2D eigenvalue weighted by atomic mass is 10.1. The highest BCUT2D eigenvalue weighted by atomic mass is 16.5. The number of anilines is 1. The smallest absolute Gasteiger partial charge is 0.218 e. The molecule has 3 rings (SSSR count). The summed E-state index contributed by atoms with van der Waals surface area (Å²) in [6, 6.07) is 2.65. The van der Waals surface area contributed by atoms with Gasteiger partial charge in [-0.05, 0) is 0 Å². The second-order valence-electron chi connectivity index (χ2n) is 4.75. The van der Waals surface area contributed by atoms with E-state index >= 15 is 0 Å². The van der Waals surface area contributed by atoms with Crippen LogP contribution in [0.3, 0.4) is 0 Å². The van der Waals surface area contributed by atoms with Crippen LogP contribution in [0, 0.1) is 0 Å². The van der Waals surface area contributed by atoms with E-state index in [0.717, 1.165) is 51.1 Å². The van der Waals surface area contributed by atoms with Crippen LogP contribution in [0.5, 0.6) is 5.88 Å². The van der Waals surface area contributed by atoms with Crippen molar-refractivity contribution in [2.75, 3.05) is 51.3 Å². The van der Waals surface area contributed by atoms with Gasteiger partial charge in [-0.1, -0.05) is 0 Å². The van der Waals surface area contributed by atoms with E-state index in [2.05, 4.69) is 25.1 Å². The molecule has 2 saturated heterocycles. The number of hydrogen-bond donors (Lipinski definition) is 1. The summed E-state index contributed by atoms with van der Waals surface area (Å²) < 4.78 is 5.14. The maximum Gasteiger partial charge on any atom is 0.218 e. The van der Waals surface area contributed by atoms with E-state index in [-0.39, 0.29) is 0 Å². The molecule has 18 heavy (non-hydrogen) atoms. The van der Waals surface area contributed by atoms with Crippen LogP contribution in [-0.2, 0) is 0 Å². The molecule has 1 N–H and O–H groups in total. The van der Waals surface area contributed by atoms with Gasteiger partial charge in [0.05, 0.1) is 7.11 Å². The molecule has 0 saturated carbocycles. The third-order valence-corrected chi connectivity index (χ3v) is 3.75. The second-order valence-corrected chi connectivity index (χ2v) is 4.75. The predicted molar refractivity (Wildman–Crippen MR) is 69.0 cm³/mol. The van der Waals surface area contributed by atoms with Crippen LogP contribution in [0.1, 0.15) is 0 Å². The Hall–Kier alpha value is -1.40. The molecule has 6 heteroatoms. The van der Waals surface area contributed by atoms with Crippen molar-refractivity contribution >= 4 is 5.82 Å². The van der Waals surface area contributed by atoms with Crippen molar-refractivity contribution in [2.45, 2.75) is 6.04 Å². The Morgan fingerprint density at radius 2 is 2.00 bits per heavy atom. The molecular formula is C12H19N5O. The van der Waals surface area contributed by atoms with Crippen LogP contribution < -0.4 is 15.0 Å². The van der Waals surface area contributed by atoms with Crippen molar-refractivity contribution in [1.29, 1.82) is 0 Å². The summed E-state index contributed by atoms with van der Waals surface area (Å²) in [5.74, 6) is 1.60. The molecule has 2 fully saturated rings. The zero-order chi connectivity index (χ0) is 12.4. The van der Waals surface area contributed by atoms with Gasteiger partial charge in [0.1, 0.15) is 12.1 Å². The summed E-state index contributed by atoms with van der Waals surface area (Å²) in [5.41, 5.74) is 0. The van der Waals surface area contributed by atoms with E-state index in [0.29, 0.717) is 5.88 Å². The van der Waals surface area contributed by atoms with Gasteiger partial charge in [-0.15, -0.1) is 0 Å². The number of nitrogens with zero attached hydrogens (tertiary/aromatic N) is 4. The lowest BCUT2D eigenvalue weighted by molar-refractivity contribution is 0.137. The van der Waals surface area contributed by atoms with Crippen LogP contribution in [0.2, 0.25) is 0 Å². The van der Waals surface area contributed by atoms with E-state index in [4.69, 9.17) is 4.74 Å². The Morgan fingerprint density at radius 1 is 1.22 bits per heavy atom. The molecule has 0 spiro atoms. The Bertz CT molecular complexity index is 401. The summed E-state index contributed by atoms with van der Waals surface area (Å²) >= 11 is 0. The van der Waals surface area contributed by atoms with Gasteiger partial charge in [0.25, 0.3) is 0 Å². The number of aromatic nitrogens is 2. The first kappa shape index (κ1) is 11.7. The standard InChI is InChI=1S/C12H19N5O/c1-18-12-6-11(14-9-15-12)17-4-2-16(3-5-17)10-7-13-8-10/h6,9-10,13H,2-5,7-8H2,1H3. The van der Waals surface area contributed by atoms with Crippen LogP contribution in [-0.4, -0.2) is 67.3 Å². The Balaban J connectivity index is 1.60. The number of ether oxygens (including phenoxy) is 1. The monoisotopic (exact) mass is 249 g/mol. The van der Waals surface area contributed by atoms with E-state index in [1.807, 2.05) is 6.07 Å². The topological polar surface area (TPSA) is 53.5 Å². The lowest BCUT2D eigenvalue weighted by Crippen LogP contribution is -2.61. The highest BCUT2D eigenvalue weighted by Gasteiger charge is 2.28. The maximum absolute atomic E-state index is 5.14. The minimum Gasteiger partial charge on any atom is -0.481 e. The predicted octanol–water partition coefficient (Wildman–Crippen LogP) is -0.421. The summed E-state index contributed by atoms with van der Waals surface area (Å²) in [4.78, 5) is 13.2. The van der Waals surface area contributed by atoms with Crippen LogP contribution in [0.25, 0.3) is 0 Å². The lowest BCUT2D eigenvalue weighted by Gasteiger charge is -2.43. The highest BCUT2D eigenvalue weighted by molar-refractivity contribution is 5.41. The molecule has 0 atom stereocenters. The Morgan fingerprint density at radius 3 is 2.61 bits per heavy atom. The molecule has 2 aliphatic rings. The molecule has 0 amide bonds. The van der Waals surface area contributed by atoms with Crippen molar-refractivity contribution < 1.29 is 4.74 Å². The zero-order valence-corrected chi connectivity index (χ0v) is 10.7. The number of nitrogens with one attached hydrogen (secondary N) is 1. The van der Waals surface area contributed by atoms with E-state index < -0.39 is 0 Å². The van der Waals surface area contributed by atoms with Gasteiger partial charge in [-0.2, -0.15) is 0 Å². The first-order valence-electron chi connectivity index (χ1n) is 6.42. The van der Waals surface area contributed by atoms with E-state index in [1.54, 1.807) is 13.4 Å². The van der Waals surface area contributed by atoms with Crippen molar-refractivity contribution in [3.8, 4) is 5.88 Å². The average molecular weight is 249 g/mol. The van der Waals surface area contributed by atoms with Gasteiger partial charge in [0.15, 0.2) is 0 Å². The van der Waals surface area contributed by atoms with Crippen LogP contribution in [0.4, 0.5) is 5.82 Å². The maximum atomic E-state index is 5.14. The SMILES string of the molecule is COc1cc(N2CCN(C3CNC3)CC2)ncn1. The van der Waals surface area contributed by atoms with Gasteiger partial charge in [0.2, 0.25) is 5.88 Å². The molecule has 0 aromatic carbocycles. The van der Waals surface area contributed by atoms with E-state index in [9.17, 15) is 0 Å². The van der Waals surface area contributed by atoms with Gasteiger partial charge < -0.3 is 15.0 Å². The molecule has 1 aromatic heterocycles. The van der Waals surface area contributed by atoms with Gasteiger partial charge in [0, 0.05) is 51.4 Å². The molecule has 3 heterocycles. The Kier molecular flexibility index (Phi) is 3.29. The number of hydrogen-bond acceptors (Lipinski definition) is 6. The third-order valence-electron chi connectivity index (χ3n) is 3.75. The second kappa shape index (κ2) is 5.07. The van der Waals surface area contributed by atoms with Crippen molar-refractivity contribution in [1.82, 2.24) is 20.2 Å². The molecule has 6 nitrogen and oxygen atoms in total. The number of methoxy groups -OCH3 is 1. The van der Waals surface area contributed by atoms with Crippen molar-refractivity contribution in [3.63, 3.8) is 0 Å². The average Bonchev–Trinajstić information content (AvgIpc) is 2.38. The minimum absolute atomic E-state index is 0.630. The molecule has 0 bridgehead atoms. The van der Waals surface area contributed by atoms with Gasteiger partial charge in [-0.25, -0.2) is 9.97 Å². The molecule has 2 aliphatic heterocycles. The van der Waals surface area contributed by atoms with Crippen LogP contribution in [0.15, 0.2) is 12.4 Å². The molecule has 98 valence electrons. The molecule has 0 unspecified atom stereocenters. The third kappa shape index (κ3) is 2.26. The molecule has 1 aromatic rings. The zero-order valence-electron chi connectivity index (χ0n) is 10.7. The fourth-order valence-electron chi connectivity index (χ4n) is 2.46. The Labute approximate surface area is 107 Å². The summed E-state index contributed by atoms with van der Waals surface area (Å²) in [6.45, 7) is 6.55. The largest absolute Gasteiger partial charge is 0.481 e. The first-order chi connectivity index (χ1) is 8.86. The van der Waals surface area contributed by atoms with Crippen molar-refractivity contribution in [3.05, 3.63) is 12.4 Å². The normalized spacial score (nSPS) is 21.7. The first-order valence-corrected chi connectivity index (χ1v) is 6.42. The summed E-state index contributed by atoms with van der Waals surface area (Å²) in [6.07, 6.45) is 1.57. The molecule has 0 radical (unpaired) electrons.